The molecule has 4 rings (SSSR count). The number of hydrogen-bond acceptors (Lipinski definition) is 2. The number of imidazole rings is 1. The van der Waals surface area contributed by atoms with Crippen molar-refractivity contribution in [3.05, 3.63) is 81.2 Å². The van der Waals surface area contributed by atoms with E-state index in [9.17, 15) is 4.79 Å². The van der Waals surface area contributed by atoms with Crippen molar-refractivity contribution < 1.29 is 0 Å². The highest BCUT2D eigenvalue weighted by Gasteiger charge is 2.11. The number of fused-ring (bicyclic) bond motifs is 1. The van der Waals surface area contributed by atoms with Crippen molar-refractivity contribution in [1.29, 1.82) is 0 Å². The minimum Gasteiger partial charge on any atom is -0.322 e. The molecule has 0 saturated heterocycles. The van der Waals surface area contributed by atoms with Crippen LogP contribution in [0.5, 0.6) is 0 Å². The molecule has 0 aliphatic carbocycles. The third-order valence-corrected chi connectivity index (χ3v) is 3.95. The number of hydrogen-bond donors (Lipinski definition) is 2. The van der Waals surface area contributed by atoms with Gasteiger partial charge in [0.25, 0.3) is 5.56 Å². The summed E-state index contributed by atoms with van der Waals surface area (Å²) >= 11 is 5.99. The quantitative estimate of drug-likeness (QED) is 0.607. The van der Waals surface area contributed by atoms with Crippen LogP contribution in [0.3, 0.4) is 0 Å². The Bertz CT molecular complexity index is 1010. The maximum atomic E-state index is 12.6. The summed E-state index contributed by atoms with van der Waals surface area (Å²) in [6.07, 6.45) is 2.22. The van der Waals surface area contributed by atoms with Gasteiger partial charge in [0.15, 0.2) is 0 Å². The van der Waals surface area contributed by atoms with Crippen LogP contribution in [-0.2, 0) is 6.42 Å². The first kappa shape index (κ1) is 13.8. The third kappa shape index (κ3) is 2.55. The average molecular weight is 325 g/mol. The Morgan fingerprint density at radius 3 is 2.83 bits per heavy atom. The number of para-hydroxylation sites is 2. The predicted molar refractivity (Wildman–Crippen MR) is 90.3 cm³/mol. The van der Waals surface area contributed by atoms with Crippen molar-refractivity contribution in [3.63, 3.8) is 0 Å². The van der Waals surface area contributed by atoms with Gasteiger partial charge in [0.2, 0.25) is 5.95 Å². The van der Waals surface area contributed by atoms with Gasteiger partial charge in [0.1, 0.15) is 0 Å². The number of halogens is 1. The summed E-state index contributed by atoms with van der Waals surface area (Å²) in [7, 11) is 0. The van der Waals surface area contributed by atoms with Gasteiger partial charge in [-0.05, 0) is 29.8 Å². The fourth-order valence-electron chi connectivity index (χ4n) is 2.60. The van der Waals surface area contributed by atoms with E-state index in [4.69, 9.17) is 11.6 Å². The van der Waals surface area contributed by atoms with Gasteiger partial charge < -0.3 is 4.98 Å². The smallest absolute Gasteiger partial charge is 0.277 e. The maximum absolute atomic E-state index is 12.6. The Hall–Kier alpha value is -2.79. The molecule has 0 atom stereocenters. The summed E-state index contributed by atoms with van der Waals surface area (Å²) in [5.41, 5.74) is 3.24. The van der Waals surface area contributed by atoms with Crippen molar-refractivity contribution in [3.8, 4) is 5.95 Å². The van der Waals surface area contributed by atoms with Gasteiger partial charge >= 0.3 is 0 Å². The highest BCUT2D eigenvalue weighted by molar-refractivity contribution is 6.30. The topological polar surface area (TPSA) is 66.5 Å². The maximum Gasteiger partial charge on any atom is 0.277 e. The number of benzene rings is 2. The number of nitrogens with zero attached hydrogens (tertiary/aromatic N) is 2. The monoisotopic (exact) mass is 324 g/mol. The molecule has 2 heterocycles. The zero-order valence-corrected chi connectivity index (χ0v) is 12.8. The minimum absolute atomic E-state index is 0.121. The molecule has 0 fully saturated rings. The normalized spacial score (nSPS) is 11.2. The first-order valence-electron chi connectivity index (χ1n) is 7.19. The molecule has 0 radical (unpaired) electrons. The van der Waals surface area contributed by atoms with Gasteiger partial charge in [0.05, 0.1) is 11.0 Å². The zero-order valence-electron chi connectivity index (χ0n) is 12.1. The van der Waals surface area contributed by atoms with Crippen LogP contribution in [0.4, 0.5) is 0 Å². The summed E-state index contributed by atoms with van der Waals surface area (Å²) in [6.45, 7) is 0. The van der Waals surface area contributed by atoms with E-state index >= 15 is 0 Å². The molecule has 114 valence electrons. The molecule has 0 unspecified atom stereocenters. The lowest BCUT2D eigenvalue weighted by molar-refractivity contribution is 0.800. The van der Waals surface area contributed by atoms with Gasteiger partial charge in [-0.2, -0.15) is 4.68 Å². The second-order valence-electron chi connectivity index (χ2n) is 5.32. The summed E-state index contributed by atoms with van der Waals surface area (Å²) in [5, 5.41) is 3.63. The summed E-state index contributed by atoms with van der Waals surface area (Å²) < 4.78 is 1.42. The second-order valence-corrected chi connectivity index (χ2v) is 5.76. The van der Waals surface area contributed by atoms with Crippen LogP contribution in [0.1, 0.15) is 11.1 Å². The van der Waals surface area contributed by atoms with Crippen LogP contribution in [0.15, 0.2) is 59.5 Å². The Kier molecular flexibility index (Phi) is 3.28. The number of nitrogens with one attached hydrogen (secondary N) is 2. The fourth-order valence-corrected chi connectivity index (χ4v) is 2.82. The lowest BCUT2D eigenvalue weighted by Crippen LogP contribution is -2.18. The van der Waals surface area contributed by atoms with Crippen LogP contribution < -0.4 is 5.56 Å². The largest absolute Gasteiger partial charge is 0.322 e. The molecule has 5 nitrogen and oxygen atoms in total. The molecule has 23 heavy (non-hydrogen) atoms. The molecule has 0 saturated carbocycles. The molecule has 2 aromatic carbocycles. The highest BCUT2D eigenvalue weighted by atomic mass is 35.5. The van der Waals surface area contributed by atoms with Crippen molar-refractivity contribution >= 4 is 22.6 Å². The predicted octanol–water partition coefficient (Wildman–Crippen LogP) is 3.29. The van der Waals surface area contributed by atoms with E-state index in [-0.39, 0.29) is 5.56 Å². The van der Waals surface area contributed by atoms with E-state index in [0.29, 0.717) is 23.0 Å². The van der Waals surface area contributed by atoms with Gasteiger partial charge in [-0.3, -0.25) is 9.89 Å². The molecular weight excluding hydrogens is 312 g/mol. The summed E-state index contributed by atoms with van der Waals surface area (Å²) in [6, 6.07) is 15.2. The van der Waals surface area contributed by atoms with E-state index in [2.05, 4.69) is 15.1 Å². The first-order chi connectivity index (χ1) is 11.2. The fraction of sp³-hybridized carbons (Fsp3) is 0.0588. The third-order valence-electron chi connectivity index (χ3n) is 3.72. The van der Waals surface area contributed by atoms with Crippen LogP contribution in [0, 0.1) is 0 Å². The number of aromatic amines is 2. The number of H-pyrrole nitrogens is 2. The molecule has 0 spiro atoms. The van der Waals surface area contributed by atoms with Crippen molar-refractivity contribution in [1.82, 2.24) is 19.7 Å². The molecule has 4 aromatic rings. The van der Waals surface area contributed by atoms with E-state index < -0.39 is 0 Å². The standard InChI is InChI=1S/C17H13ClN4O/c18-13-5-3-4-11(9-13)8-12-10-19-22(16(12)23)17-20-14-6-1-2-7-15(14)21-17/h1-7,9-10,19H,8H2,(H,20,21). The van der Waals surface area contributed by atoms with Crippen LogP contribution in [0.25, 0.3) is 17.0 Å². The van der Waals surface area contributed by atoms with Crippen LogP contribution in [0.2, 0.25) is 5.02 Å². The minimum atomic E-state index is -0.121. The lowest BCUT2D eigenvalue weighted by atomic mass is 10.1. The van der Waals surface area contributed by atoms with Crippen molar-refractivity contribution in [2.45, 2.75) is 6.42 Å². The number of aromatic nitrogens is 4. The molecular formula is C17H13ClN4O. The Balaban J connectivity index is 1.71. The van der Waals surface area contributed by atoms with Gasteiger partial charge in [-0.25, -0.2) is 4.98 Å². The molecule has 0 bridgehead atoms. The first-order valence-corrected chi connectivity index (χ1v) is 7.57. The summed E-state index contributed by atoms with van der Waals surface area (Å²) in [5.74, 6) is 0.480. The molecule has 6 heteroatoms. The molecule has 2 N–H and O–H groups in total. The van der Waals surface area contributed by atoms with Crippen LogP contribution in [-0.4, -0.2) is 19.7 Å². The Morgan fingerprint density at radius 1 is 1.13 bits per heavy atom. The molecule has 2 aromatic heterocycles. The zero-order chi connectivity index (χ0) is 15.8. The van der Waals surface area contributed by atoms with E-state index in [0.717, 1.165) is 16.6 Å². The second kappa shape index (κ2) is 5.44. The molecule has 0 aliphatic heterocycles. The van der Waals surface area contributed by atoms with E-state index in [1.54, 1.807) is 6.20 Å². The van der Waals surface area contributed by atoms with Crippen LogP contribution >= 0.6 is 11.6 Å². The average Bonchev–Trinajstić information content (AvgIpc) is 3.11. The van der Waals surface area contributed by atoms with Crippen molar-refractivity contribution in [2.24, 2.45) is 0 Å². The van der Waals surface area contributed by atoms with Crippen molar-refractivity contribution in [2.75, 3.05) is 0 Å². The van der Waals surface area contributed by atoms with E-state index in [1.807, 2.05) is 48.5 Å². The Morgan fingerprint density at radius 2 is 2.00 bits per heavy atom. The molecule has 0 amide bonds. The Labute approximate surface area is 136 Å². The van der Waals surface area contributed by atoms with Gasteiger partial charge in [0, 0.05) is 23.2 Å². The number of rotatable bonds is 3. The SMILES string of the molecule is O=c1c(Cc2cccc(Cl)c2)c[nH]n1-c1nc2ccccc2[nH]1. The lowest BCUT2D eigenvalue weighted by Gasteiger charge is -1.98. The highest BCUT2D eigenvalue weighted by Crippen LogP contribution is 2.14. The summed E-state index contributed by atoms with van der Waals surface area (Å²) in [4.78, 5) is 20.1. The van der Waals surface area contributed by atoms with Gasteiger partial charge in [-0.15, -0.1) is 0 Å². The van der Waals surface area contributed by atoms with E-state index in [1.165, 1.54) is 4.68 Å². The molecule has 0 aliphatic rings. The van der Waals surface area contributed by atoms with Gasteiger partial charge in [-0.1, -0.05) is 35.9 Å².